The van der Waals surface area contributed by atoms with Crippen molar-refractivity contribution in [1.82, 2.24) is 0 Å². The van der Waals surface area contributed by atoms with E-state index < -0.39 is 27.6 Å². The predicted octanol–water partition coefficient (Wildman–Crippen LogP) is -1.91. The Balaban J connectivity index is 0.00000312. The molecule has 0 saturated heterocycles. The van der Waals surface area contributed by atoms with Gasteiger partial charge in [-0.1, -0.05) is 42.5 Å². The van der Waals surface area contributed by atoms with E-state index in [9.17, 15) is 23.4 Å². The van der Waals surface area contributed by atoms with Crippen molar-refractivity contribution in [2.45, 2.75) is 23.2 Å². The van der Waals surface area contributed by atoms with Crippen LogP contribution in [0.2, 0.25) is 0 Å². The van der Waals surface area contributed by atoms with E-state index in [1.807, 2.05) is 6.07 Å². The monoisotopic (exact) mass is 370 g/mol. The molecule has 7 heteroatoms. The number of hydrogen-bond donors (Lipinski definition) is 1. The summed E-state index contributed by atoms with van der Waals surface area (Å²) in [6.07, 6.45) is 0.886. The number of hydrogen-bond acceptors (Lipinski definition) is 5. The number of carbonyl (C=O) groups excluding carboxylic acids is 1. The van der Waals surface area contributed by atoms with Crippen molar-refractivity contribution in [3.05, 3.63) is 65.7 Å². The number of aliphatic carboxylic acids is 1. The molecule has 2 aromatic carbocycles. The Morgan fingerprint density at radius 1 is 1.00 bits per heavy atom. The van der Waals surface area contributed by atoms with Crippen molar-refractivity contribution in [1.29, 1.82) is 0 Å². The molecule has 0 bridgehead atoms. The third-order valence-electron chi connectivity index (χ3n) is 4.03. The SMILES string of the molecule is CS(=O)(=O)c1ccc([C@H](CO)[C@H](CC(=O)[O-])c2ccccc2)cc1.[Na+]. The van der Waals surface area contributed by atoms with E-state index in [1.54, 1.807) is 36.4 Å². The molecule has 0 saturated carbocycles. The third-order valence-corrected chi connectivity index (χ3v) is 5.16. The summed E-state index contributed by atoms with van der Waals surface area (Å²) in [5.74, 6) is -2.14. The van der Waals surface area contributed by atoms with Crippen molar-refractivity contribution in [3.8, 4) is 0 Å². The summed E-state index contributed by atoms with van der Waals surface area (Å²) in [6.45, 7) is -0.259. The van der Waals surface area contributed by atoms with Crippen LogP contribution in [-0.2, 0) is 14.6 Å². The Hall–Kier alpha value is -1.18. The molecule has 5 nitrogen and oxygen atoms in total. The van der Waals surface area contributed by atoms with Crippen LogP contribution in [0.3, 0.4) is 0 Å². The summed E-state index contributed by atoms with van der Waals surface area (Å²) in [5.41, 5.74) is 1.47. The van der Waals surface area contributed by atoms with Crippen LogP contribution in [0.25, 0.3) is 0 Å². The van der Waals surface area contributed by atoms with E-state index in [0.29, 0.717) is 5.56 Å². The van der Waals surface area contributed by atoms with E-state index in [4.69, 9.17) is 0 Å². The van der Waals surface area contributed by atoms with Crippen LogP contribution in [-0.4, -0.2) is 32.4 Å². The summed E-state index contributed by atoms with van der Waals surface area (Å²) in [6, 6.07) is 15.2. The van der Waals surface area contributed by atoms with Gasteiger partial charge >= 0.3 is 29.6 Å². The molecule has 1 N–H and O–H groups in total. The quantitative estimate of drug-likeness (QED) is 0.574. The van der Waals surface area contributed by atoms with Crippen LogP contribution in [0.5, 0.6) is 0 Å². The average Bonchev–Trinajstić information content (AvgIpc) is 2.55. The second kappa shape index (κ2) is 9.50. The molecule has 0 unspecified atom stereocenters. The van der Waals surface area contributed by atoms with Crippen LogP contribution in [0, 0.1) is 0 Å². The van der Waals surface area contributed by atoms with Gasteiger partial charge in [-0.3, -0.25) is 0 Å². The zero-order chi connectivity index (χ0) is 17.7. The molecule has 0 aliphatic rings. The minimum absolute atomic E-state index is 0. The molecule has 0 aromatic heterocycles. The van der Waals surface area contributed by atoms with E-state index in [1.165, 1.54) is 12.1 Å². The topological polar surface area (TPSA) is 94.5 Å². The van der Waals surface area contributed by atoms with Crippen molar-refractivity contribution in [2.75, 3.05) is 12.9 Å². The second-order valence-corrected chi connectivity index (χ2v) is 7.74. The molecule has 128 valence electrons. The standard InChI is InChI=1S/C18H20O5S.Na/c1-24(22,23)15-9-7-14(8-10-15)17(12-19)16(11-18(20)21)13-5-3-2-4-6-13;/h2-10,16-17,19H,11-12H2,1H3,(H,20,21);/q;+1/p-1/t16-,17+;/m1./s1. The van der Waals surface area contributed by atoms with Gasteiger partial charge in [0.2, 0.25) is 0 Å². The van der Waals surface area contributed by atoms with Crippen molar-refractivity contribution < 1.29 is 53.0 Å². The van der Waals surface area contributed by atoms with Gasteiger partial charge in [-0.05, 0) is 35.6 Å². The van der Waals surface area contributed by atoms with Gasteiger partial charge in [0.25, 0.3) is 0 Å². The van der Waals surface area contributed by atoms with Gasteiger partial charge in [-0.15, -0.1) is 0 Å². The summed E-state index contributed by atoms with van der Waals surface area (Å²) in [5, 5.41) is 21.0. The summed E-state index contributed by atoms with van der Waals surface area (Å²) >= 11 is 0. The molecule has 0 heterocycles. The average molecular weight is 370 g/mol. The van der Waals surface area contributed by atoms with Gasteiger partial charge < -0.3 is 15.0 Å². The summed E-state index contributed by atoms with van der Waals surface area (Å²) in [4.78, 5) is 11.3. The molecule has 2 atom stereocenters. The van der Waals surface area contributed by atoms with Crippen LogP contribution in [0.1, 0.15) is 29.4 Å². The first-order valence-corrected chi connectivity index (χ1v) is 9.37. The maximum absolute atomic E-state index is 11.5. The molecule has 0 aliphatic carbocycles. The van der Waals surface area contributed by atoms with E-state index >= 15 is 0 Å². The van der Waals surface area contributed by atoms with Gasteiger partial charge in [0.15, 0.2) is 9.84 Å². The fraction of sp³-hybridized carbons (Fsp3) is 0.278. The van der Waals surface area contributed by atoms with Crippen LogP contribution in [0.4, 0.5) is 0 Å². The Morgan fingerprint density at radius 2 is 1.52 bits per heavy atom. The number of rotatable bonds is 7. The number of benzene rings is 2. The minimum atomic E-state index is -3.31. The summed E-state index contributed by atoms with van der Waals surface area (Å²) in [7, 11) is -3.31. The molecular formula is C18H19NaO5S. The molecule has 25 heavy (non-hydrogen) atoms. The van der Waals surface area contributed by atoms with E-state index in [-0.39, 0.29) is 47.5 Å². The van der Waals surface area contributed by atoms with Gasteiger partial charge in [-0.25, -0.2) is 8.42 Å². The number of aliphatic hydroxyl groups is 1. The Labute approximate surface area is 169 Å². The van der Waals surface area contributed by atoms with Gasteiger partial charge in [0.05, 0.1) is 11.5 Å². The molecular weight excluding hydrogens is 351 g/mol. The van der Waals surface area contributed by atoms with Crippen molar-refractivity contribution in [3.63, 3.8) is 0 Å². The molecule has 0 fully saturated rings. The molecule has 2 aromatic rings. The van der Waals surface area contributed by atoms with Gasteiger partial charge in [0, 0.05) is 18.1 Å². The van der Waals surface area contributed by atoms with Crippen molar-refractivity contribution >= 4 is 15.8 Å². The Bertz CT molecular complexity index is 788. The zero-order valence-electron chi connectivity index (χ0n) is 14.3. The third kappa shape index (κ3) is 5.94. The molecule has 0 amide bonds. The first kappa shape index (κ1) is 21.9. The normalized spacial score (nSPS) is 13.5. The predicted molar refractivity (Wildman–Crippen MR) is 88.2 cm³/mol. The largest absolute Gasteiger partial charge is 1.00 e. The summed E-state index contributed by atoms with van der Waals surface area (Å²) < 4.78 is 23.1. The Morgan fingerprint density at radius 3 is 1.96 bits per heavy atom. The molecule has 0 radical (unpaired) electrons. The number of aliphatic hydroxyl groups excluding tert-OH is 1. The molecule has 2 rings (SSSR count). The first-order valence-electron chi connectivity index (χ1n) is 7.48. The van der Waals surface area contributed by atoms with E-state index in [2.05, 4.69) is 0 Å². The smallest absolute Gasteiger partial charge is 0.550 e. The first-order chi connectivity index (χ1) is 11.3. The van der Waals surface area contributed by atoms with Gasteiger partial charge in [-0.2, -0.15) is 0 Å². The van der Waals surface area contributed by atoms with E-state index in [0.717, 1.165) is 11.8 Å². The fourth-order valence-electron chi connectivity index (χ4n) is 2.80. The van der Waals surface area contributed by atoms with Crippen LogP contribution < -0.4 is 34.7 Å². The maximum atomic E-state index is 11.5. The van der Waals surface area contributed by atoms with Crippen LogP contribution in [0.15, 0.2) is 59.5 Å². The maximum Gasteiger partial charge on any atom is 1.00 e. The number of carboxylic acid groups (broad SMARTS) is 1. The van der Waals surface area contributed by atoms with Crippen LogP contribution >= 0.6 is 0 Å². The second-order valence-electron chi connectivity index (χ2n) is 5.72. The van der Waals surface area contributed by atoms with Gasteiger partial charge in [0.1, 0.15) is 0 Å². The number of sulfone groups is 1. The molecule has 0 aliphatic heterocycles. The Kier molecular flexibility index (Phi) is 8.31. The van der Waals surface area contributed by atoms with Crippen molar-refractivity contribution in [2.24, 2.45) is 0 Å². The minimum Gasteiger partial charge on any atom is -0.550 e. The number of carboxylic acids is 1. The fourth-order valence-corrected chi connectivity index (χ4v) is 3.43. The molecule has 0 spiro atoms. The number of carbonyl (C=O) groups is 1. The zero-order valence-corrected chi connectivity index (χ0v) is 17.1.